The first kappa shape index (κ1) is 25.8. The van der Waals surface area contributed by atoms with E-state index in [1.807, 2.05) is 30.3 Å². The highest BCUT2D eigenvalue weighted by Gasteiger charge is 2.61. The molecule has 0 aromatic heterocycles. The molecule has 0 spiro atoms. The van der Waals surface area contributed by atoms with Crippen LogP contribution < -0.4 is 9.47 Å². The number of methoxy groups -OCH3 is 1. The molecular weight excluding hydrogens is 559 g/mol. The maximum absolute atomic E-state index is 13.8. The smallest absolute Gasteiger partial charge is 0.254 e. The number of carbonyl (C=O) groups excluding carboxylic acids is 2. The number of halogens is 2. The molecule has 2 atom stereocenters. The Kier molecular flexibility index (Phi) is 6.33. The van der Waals surface area contributed by atoms with Crippen LogP contribution in [0.5, 0.6) is 11.5 Å². The van der Waals surface area contributed by atoms with E-state index < -0.39 is 11.8 Å². The van der Waals surface area contributed by atoms with Gasteiger partial charge in [-0.1, -0.05) is 77.8 Å². The first-order valence-corrected chi connectivity index (χ1v) is 14.1. The molecule has 4 aromatic rings. The Morgan fingerprint density at radius 1 is 0.780 bits per heavy atom. The lowest BCUT2D eigenvalue weighted by Gasteiger charge is -2.45. The molecule has 1 heterocycles. The van der Waals surface area contributed by atoms with Crippen molar-refractivity contribution in [3.63, 3.8) is 0 Å². The fraction of sp³-hybridized carbons (Fsp3) is 0.182. The summed E-state index contributed by atoms with van der Waals surface area (Å²) in [5, 5.41) is 6.53. The van der Waals surface area contributed by atoms with E-state index >= 15 is 0 Å². The summed E-state index contributed by atoms with van der Waals surface area (Å²) in [6.45, 7) is 0.229. The molecule has 1 saturated heterocycles. The number of imide groups is 1. The lowest BCUT2D eigenvalue weighted by atomic mass is 9.55. The van der Waals surface area contributed by atoms with Crippen molar-refractivity contribution in [1.29, 1.82) is 0 Å². The minimum Gasteiger partial charge on any atom is -0.493 e. The van der Waals surface area contributed by atoms with Crippen LogP contribution >= 0.6 is 23.2 Å². The number of rotatable bonds is 6. The van der Waals surface area contributed by atoms with Crippen LogP contribution in [0, 0.1) is 11.8 Å². The zero-order chi connectivity index (χ0) is 28.2. The predicted octanol–water partition coefficient (Wildman–Crippen LogP) is 6.81. The van der Waals surface area contributed by atoms with Gasteiger partial charge in [-0.2, -0.15) is 10.1 Å². The molecule has 2 bridgehead atoms. The van der Waals surface area contributed by atoms with Crippen LogP contribution in [0.4, 0.5) is 0 Å². The second-order valence-electron chi connectivity index (χ2n) is 10.4. The van der Waals surface area contributed by atoms with E-state index in [0.717, 1.165) is 32.8 Å². The Morgan fingerprint density at radius 2 is 1.37 bits per heavy atom. The Bertz CT molecular complexity index is 1640. The van der Waals surface area contributed by atoms with Gasteiger partial charge < -0.3 is 9.47 Å². The van der Waals surface area contributed by atoms with E-state index in [9.17, 15) is 9.59 Å². The van der Waals surface area contributed by atoms with Crippen molar-refractivity contribution in [2.24, 2.45) is 16.9 Å². The van der Waals surface area contributed by atoms with Crippen molar-refractivity contribution in [3.05, 3.63) is 128 Å². The van der Waals surface area contributed by atoms with Crippen LogP contribution in [0.3, 0.4) is 0 Å². The molecule has 8 heteroatoms. The SMILES string of the molecule is COc1cc(/C=N/N2C(=O)C3C4c5ccccc5C(c5ccccc54)C3C2=O)ccc1OCc1ccc(Cl)cc1Cl. The summed E-state index contributed by atoms with van der Waals surface area (Å²) in [4.78, 5) is 27.5. The summed E-state index contributed by atoms with van der Waals surface area (Å²) in [5.74, 6) is -0.805. The predicted molar refractivity (Wildman–Crippen MR) is 157 cm³/mol. The molecule has 8 rings (SSSR count). The van der Waals surface area contributed by atoms with Gasteiger partial charge in [-0.25, -0.2) is 0 Å². The van der Waals surface area contributed by atoms with Crippen LogP contribution in [0.15, 0.2) is 90.0 Å². The number of ether oxygens (including phenoxy) is 2. The van der Waals surface area contributed by atoms with Gasteiger partial charge in [-0.3, -0.25) is 9.59 Å². The highest BCUT2D eigenvalue weighted by molar-refractivity contribution is 6.35. The molecule has 41 heavy (non-hydrogen) atoms. The van der Waals surface area contributed by atoms with Gasteiger partial charge in [-0.15, -0.1) is 0 Å². The summed E-state index contributed by atoms with van der Waals surface area (Å²) in [6, 6.07) is 26.8. The molecule has 1 fully saturated rings. The monoisotopic (exact) mass is 582 g/mol. The number of hydrogen-bond acceptors (Lipinski definition) is 5. The van der Waals surface area contributed by atoms with Crippen molar-refractivity contribution >= 4 is 41.2 Å². The van der Waals surface area contributed by atoms with Crippen LogP contribution in [0.25, 0.3) is 0 Å². The molecule has 0 saturated carbocycles. The second kappa shape index (κ2) is 10.1. The molecule has 6 nitrogen and oxygen atoms in total. The van der Waals surface area contributed by atoms with Crippen LogP contribution in [-0.4, -0.2) is 30.1 Å². The lowest BCUT2D eigenvalue weighted by Crippen LogP contribution is -2.41. The molecule has 0 radical (unpaired) electrons. The molecule has 2 unspecified atom stereocenters. The van der Waals surface area contributed by atoms with Gasteiger partial charge in [0.05, 0.1) is 25.2 Å². The fourth-order valence-electron chi connectivity index (χ4n) is 6.58. The Labute approximate surface area is 247 Å². The highest BCUT2D eigenvalue weighted by atomic mass is 35.5. The van der Waals surface area contributed by atoms with Crippen molar-refractivity contribution in [1.82, 2.24) is 5.01 Å². The molecule has 4 aromatic carbocycles. The zero-order valence-corrected chi connectivity index (χ0v) is 23.5. The number of amides is 2. The molecule has 4 aliphatic rings. The summed E-state index contributed by atoms with van der Waals surface area (Å²) in [7, 11) is 1.54. The molecule has 1 aliphatic heterocycles. The fourth-order valence-corrected chi connectivity index (χ4v) is 7.04. The van der Waals surface area contributed by atoms with Crippen molar-refractivity contribution in [3.8, 4) is 11.5 Å². The van der Waals surface area contributed by atoms with Crippen LogP contribution in [0.1, 0.15) is 45.2 Å². The maximum atomic E-state index is 13.8. The second-order valence-corrected chi connectivity index (χ2v) is 11.3. The third-order valence-corrected chi connectivity index (χ3v) is 8.92. The third kappa shape index (κ3) is 4.13. The van der Waals surface area contributed by atoms with Gasteiger partial charge in [0.1, 0.15) is 6.61 Å². The van der Waals surface area contributed by atoms with Gasteiger partial charge >= 0.3 is 0 Å². The van der Waals surface area contributed by atoms with Crippen LogP contribution in [-0.2, 0) is 16.2 Å². The topological polar surface area (TPSA) is 68.2 Å². The zero-order valence-electron chi connectivity index (χ0n) is 22.0. The maximum Gasteiger partial charge on any atom is 0.254 e. The van der Waals surface area contributed by atoms with Crippen molar-refractivity contribution in [2.45, 2.75) is 18.4 Å². The van der Waals surface area contributed by atoms with E-state index in [1.165, 1.54) is 6.21 Å². The lowest BCUT2D eigenvalue weighted by molar-refractivity contribution is -0.139. The van der Waals surface area contributed by atoms with E-state index in [0.29, 0.717) is 27.1 Å². The number of hydrazone groups is 1. The number of hydrogen-bond donors (Lipinski definition) is 0. The summed E-state index contributed by atoms with van der Waals surface area (Å²) in [5.41, 5.74) is 5.96. The number of nitrogens with zero attached hydrogens (tertiary/aromatic N) is 2. The van der Waals surface area contributed by atoms with Gasteiger partial charge in [0.2, 0.25) is 0 Å². The van der Waals surface area contributed by atoms with E-state index in [2.05, 4.69) is 29.4 Å². The van der Waals surface area contributed by atoms with Crippen molar-refractivity contribution in [2.75, 3.05) is 7.11 Å². The molecule has 2 amide bonds. The summed E-state index contributed by atoms with van der Waals surface area (Å²) >= 11 is 12.3. The molecule has 0 N–H and O–H groups in total. The first-order chi connectivity index (χ1) is 20.0. The number of carbonyl (C=O) groups is 2. The number of benzene rings is 4. The van der Waals surface area contributed by atoms with E-state index in [4.69, 9.17) is 32.7 Å². The molecular formula is C33H24Cl2N2O4. The van der Waals surface area contributed by atoms with Gasteiger partial charge in [0.25, 0.3) is 11.8 Å². The average Bonchev–Trinajstić information content (AvgIpc) is 3.25. The Balaban J connectivity index is 1.15. The first-order valence-electron chi connectivity index (χ1n) is 13.3. The van der Waals surface area contributed by atoms with E-state index in [-0.39, 0.29) is 30.3 Å². The highest BCUT2D eigenvalue weighted by Crippen LogP contribution is 2.61. The summed E-state index contributed by atoms with van der Waals surface area (Å²) < 4.78 is 11.5. The minimum atomic E-state index is -0.473. The molecule has 3 aliphatic carbocycles. The normalized spacial score (nSPS) is 22.1. The Morgan fingerprint density at radius 3 is 1.90 bits per heavy atom. The standard InChI is InChI=1S/C33H24Cl2N2O4/c1-40-27-14-18(10-13-26(27)41-17-19-11-12-20(34)15-25(19)35)16-36-37-32(38)30-28-21-6-2-3-7-22(21)29(31(30)33(37)39)24-9-5-4-8-23(24)28/h2-16,28-31H,17H2,1H3/b36-16+. The van der Waals surface area contributed by atoms with E-state index in [1.54, 1.807) is 37.4 Å². The third-order valence-electron chi connectivity index (χ3n) is 8.33. The van der Waals surface area contributed by atoms with Gasteiger partial charge in [-0.05, 0) is 58.1 Å². The minimum absolute atomic E-state index is 0.167. The van der Waals surface area contributed by atoms with Crippen LogP contribution in [0.2, 0.25) is 10.0 Å². The van der Waals surface area contributed by atoms with Gasteiger partial charge in [0.15, 0.2) is 11.5 Å². The quantitative estimate of drug-likeness (QED) is 0.185. The Hall–Kier alpha value is -4.13. The van der Waals surface area contributed by atoms with Crippen molar-refractivity contribution < 1.29 is 19.1 Å². The van der Waals surface area contributed by atoms with Gasteiger partial charge in [0, 0.05) is 27.4 Å². The average molecular weight is 583 g/mol. The largest absolute Gasteiger partial charge is 0.493 e. The summed E-state index contributed by atoms with van der Waals surface area (Å²) in [6.07, 6.45) is 1.51. The molecule has 204 valence electrons.